The topological polar surface area (TPSA) is 63.0 Å². The second kappa shape index (κ2) is 5.23. The number of aliphatic hydroxyl groups is 1. The first kappa shape index (κ1) is 10.6. The standard InChI is InChI=1S/C10H18N4O/c15-10-3-1-9(2-4-10)11-5-7-14-8-6-12-13-14/h6,8-11,15H,1-5,7H2. The lowest BCUT2D eigenvalue weighted by Crippen LogP contribution is -2.36. The highest BCUT2D eigenvalue weighted by Crippen LogP contribution is 2.17. The minimum absolute atomic E-state index is 0.0710. The van der Waals surface area contributed by atoms with E-state index < -0.39 is 0 Å². The lowest BCUT2D eigenvalue weighted by Gasteiger charge is -2.26. The summed E-state index contributed by atoms with van der Waals surface area (Å²) in [6.45, 7) is 1.78. The van der Waals surface area contributed by atoms with Gasteiger partial charge in [0.15, 0.2) is 0 Å². The van der Waals surface area contributed by atoms with E-state index in [1.165, 1.54) is 0 Å². The fourth-order valence-electron chi connectivity index (χ4n) is 2.02. The molecule has 15 heavy (non-hydrogen) atoms. The van der Waals surface area contributed by atoms with E-state index >= 15 is 0 Å². The first-order chi connectivity index (χ1) is 7.34. The quantitative estimate of drug-likeness (QED) is 0.743. The van der Waals surface area contributed by atoms with Gasteiger partial charge < -0.3 is 10.4 Å². The van der Waals surface area contributed by atoms with Crippen LogP contribution in [0.15, 0.2) is 12.4 Å². The van der Waals surface area contributed by atoms with Crippen molar-refractivity contribution in [3.63, 3.8) is 0 Å². The molecule has 1 saturated carbocycles. The average Bonchev–Trinajstić information content (AvgIpc) is 2.74. The molecule has 0 atom stereocenters. The van der Waals surface area contributed by atoms with E-state index in [4.69, 9.17) is 0 Å². The summed E-state index contributed by atoms with van der Waals surface area (Å²) >= 11 is 0. The van der Waals surface area contributed by atoms with Crippen molar-refractivity contribution in [1.82, 2.24) is 20.3 Å². The van der Waals surface area contributed by atoms with Gasteiger partial charge in [-0.1, -0.05) is 5.21 Å². The average molecular weight is 210 g/mol. The molecule has 0 saturated heterocycles. The van der Waals surface area contributed by atoms with E-state index in [1.54, 1.807) is 6.20 Å². The van der Waals surface area contributed by atoms with E-state index in [1.807, 2.05) is 10.9 Å². The number of hydrogen-bond acceptors (Lipinski definition) is 4. The van der Waals surface area contributed by atoms with Gasteiger partial charge in [-0.2, -0.15) is 0 Å². The van der Waals surface area contributed by atoms with Crippen molar-refractivity contribution in [3.8, 4) is 0 Å². The summed E-state index contributed by atoms with van der Waals surface area (Å²) in [5.74, 6) is 0. The maximum atomic E-state index is 9.35. The summed E-state index contributed by atoms with van der Waals surface area (Å²) in [6.07, 6.45) is 7.51. The third-order valence-corrected chi connectivity index (χ3v) is 2.94. The highest BCUT2D eigenvalue weighted by molar-refractivity contribution is 4.76. The Balaban J connectivity index is 1.62. The van der Waals surface area contributed by atoms with Gasteiger partial charge >= 0.3 is 0 Å². The first-order valence-electron chi connectivity index (χ1n) is 5.60. The van der Waals surface area contributed by atoms with Crippen molar-refractivity contribution in [2.45, 2.75) is 44.4 Å². The summed E-state index contributed by atoms with van der Waals surface area (Å²) in [4.78, 5) is 0. The smallest absolute Gasteiger partial charge is 0.0692 e. The third-order valence-electron chi connectivity index (χ3n) is 2.94. The molecule has 0 bridgehead atoms. The first-order valence-corrected chi connectivity index (χ1v) is 5.60. The molecule has 0 amide bonds. The van der Waals surface area contributed by atoms with Crippen molar-refractivity contribution < 1.29 is 5.11 Å². The van der Waals surface area contributed by atoms with E-state index in [-0.39, 0.29) is 6.10 Å². The predicted octanol–water partition coefficient (Wildman–Crippen LogP) is 0.171. The number of aromatic nitrogens is 3. The fourth-order valence-corrected chi connectivity index (χ4v) is 2.02. The molecule has 5 nitrogen and oxygen atoms in total. The molecule has 2 rings (SSSR count). The van der Waals surface area contributed by atoms with Gasteiger partial charge in [0.25, 0.3) is 0 Å². The molecule has 0 aromatic carbocycles. The van der Waals surface area contributed by atoms with Gasteiger partial charge in [0.2, 0.25) is 0 Å². The van der Waals surface area contributed by atoms with Crippen LogP contribution in [0.25, 0.3) is 0 Å². The molecular formula is C10H18N4O. The minimum Gasteiger partial charge on any atom is -0.393 e. The fraction of sp³-hybridized carbons (Fsp3) is 0.800. The Morgan fingerprint density at radius 2 is 2.13 bits per heavy atom. The number of rotatable bonds is 4. The molecule has 0 spiro atoms. The number of nitrogens with one attached hydrogen (secondary N) is 1. The lowest BCUT2D eigenvalue weighted by molar-refractivity contribution is 0.116. The van der Waals surface area contributed by atoms with Crippen LogP contribution in [0.3, 0.4) is 0 Å². The van der Waals surface area contributed by atoms with Crippen LogP contribution in [0.4, 0.5) is 0 Å². The van der Waals surface area contributed by atoms with Crippen LogP contribution in [0, 0.1) is 0 Å². The second-order valence-corrected chi connectivity index (χ2v) is 4.13. The van der Waals surface area contributed by atoms with E-state index in [0.29, 0.717) is 6.04 Å². The van der Waals surface area contributed by atoms with Crippen molar-refractivity contribution in [2.24, 2.45) is 0 Å². The Morgan fingerprint density at radius 3 is 2.80 bits per heavy atom. The molecule has 1 heterocycles. The Labute approximate surface area is 89.5 Å². The zero-order valence-electron chi connectivity index (χ0n) is 8.84. The highest BCUT2D eigenvalue weighted by atomic mass is 16.3. The van der Waals surface area contributed by atoms with Crippen molar-refractivity contribution >= 4 is 0 Å². The molecule has 84 valence electrons. The van der Waals surface area contributed by atoms with Gasteiger partial charge in [-0.3, -0.25) is 4.68 Å². The van der Waals surface area contributed by atoms with E-state index in [2.05, 4.69) is 15.6 Å². The second-order valence-electron chi connectivity index (χ2n) is 4.13. The van der Waals surface area contributed by atoms with Crippen LogP contribution in [-0.4, -0.2) is 38.8 Å². The number of nitrogens with zero attached hydrogens (tertiary/aromatic N) is 3. The molecule has 0 unspecified atom stereocenters. The molecule has 0 radical (unpaired) electrons. The van der Waals surface area contributed by atoms with Crippen LogP contribution in [-0.2, 0) is 6.54 Å². The molecular weight excluding hydrogens is 192 g/mol. The van der Waals surface area contributed by atoms with Crippen LogP contribution >= 0.6 is 0 Å². The SMILES string of the molecule is OC1CCC(NCCn2ccnn2)CC1. The van der Waals surface area contributed by atoms with Crippen LogP contribution in [0.5, 0.6) is 0 Å². The maximum Gasteiger partial charge on any atom is 0.0692 e. The zero-order chi connectivity index (χ0) is 10.5. The van der Waals surface area contributed by atoms with Crippen LogP contribution in [0.1, 0.15) is 25.7 Å². The van der Waals surface area contributed by atoms with Gasteiger partial charge in [-0.15, -0.1) is 5.10 Å². The molecule has 1 aliphatic rings. The molecule has 2 N–H and O–H groups in total. The highest BCUT2D eigenvalue weighted by Gasteiger charge is 2.18. The van der Waals surface area contributed by atoms with Gasteiger partial charge in [-0.25, -0.2) is 0 Å². The van der Waals surface area contributed by atoms with E-state index in [0.717, 1.165) is 38.8 Å². The number of hydrogen-bond donors (Lipinski definition) is 2. The molecule has 1 fully saturated rings. The van der Waals surface area contributed by atoms with E-state index in [9.17, 15) is 5.11 Å². The largest absolute Gasteiger partial charge is 0.393 e. The maximum absolute atomic E-state index is 9.35. The summed E-state index contributed by atoms with van der Waals surface area (Å²) < 4.78 is 1.82. The van der Waals surface area contributed by atoms with Gasteiger partial charge in [0.05, 0.1) is 18.8 Å². The summed E-state index contributed by atoms with van der Waals surface area (Å²) in [5.41, 5.74) is 0. The normalized spacial score (nSPS) is 26.7. The van der Waals surface area contributed by atoms with Gasteiger partial charge in [-0.05, 0) is 25.7 Å². The lowest BCUT2D eigenvalue weighted by atomic mass is 9.93. The minimum atomic E-state index is -0.0710. The van der Waals surface area contributed by atoms with Crippen LogP contribution in [0.2, 0.25) is 0 Å². The molecule has 1 aliphatic carbocycles. The zero-order valence-corrected chi connectivity index (χ0v) is 8.84. The van der Waals surface area contributed by atoms with Crippen molar-refractivity contribution in [1.29, 1.82) is 0 Å². The molecule has 1 aromatic rings. The number of aliphatic hydroxyl groups excluding tert-OH is 1. The summed E-state index contributed by atoms with van der Waals surface area (Å²) in [5, 5.41) is 20.5. The Kier molecular flexibility index (Phi) is 3.69. The third kappa shape index (κ3) is 3.28. The Bertz CT molecular complexity index is 267. The summed E-state index contributed by atoms with van der Waals surface area (Å²) in [6, 6.07) is 0.567. The predicted molar refractivity (Wildman–Crippen MR) is 56.3 cm³/mol. The Morgan fingerprint density at radius 1 is 1.33 bits per heavy atom. The summed E-state index contributed by atoms with van der Waals surface area (Å²) in [7, 11) is 0. The molecule has 5 heteroatoms. The van der Waals surface area contributed by atoms with Gasteiger partial charge in [0, 0.05) is 18.8 Å². The van der Waals surface area contributed by atoms with Crippen LogP contribution < -0.4 is 5.32 Å². The monoisotopic (exact) mass is 210 g/mol. The molecule has 0 aliphatic heterocycles. The Hall–Kier alpha value is -0.940. The van der Waals surface area contributed by atoms with Gasteiger partial charge in [0.1, 0.15) is 0 Å². The molecule has 1 aromatic heterocycles. The van der Waals surface area contributed by atoms with Crippen molar-refractivity contribution in [2.75, 3.05) is 6.54 Å². The van der Waals surface area contributed by atoms with Crippen molar-refractivity contribution in [3.05, 3.63) is 12.4 Å².